The van der Waals surface area contributed by atoms with Crippen LogP contribution >= 0.6 is 11.8 Å². The van der Waals surface area contributed by atoms with Crippen molar-refractivity contribution in [2.45, 2.75) is 44.1 Å². The average Bonchev–Trinajstić information content (AvgIpc) is 3.15. The minimum Gasteiger partial charge on any atom is -0.451 e. The highest BCUT2D eigenvalue weighted by atomic mass is 32.2. The van der Waals surface area contributed by atoms with Crippen molar-refractivity contribution in [1.82, 2.24) is 20.6 Å². The van der Waals surface area contributed by atoms with Gasteiger partial charge >= 0.3 is 6.09 Å². The van der Waals surface area contributed by atoms with E-state index in [9.17, 15) is 9.59 Å². The topological polar surface area (TPSA) is 106 Å². The number of ether oxygens (including phenoxy) is 1. The molecule has 2 amide bonds. The van der Waals surface area contributed by atoms with Gasteiger partial charge in [-0.25, -0.2) is 14.8 Å². The van der Waals surface area contributed by atoms with Gasteiger partial charge in [-0.2, -0.15) is 0 Å². The minimum atomic E-state index is -0.490. The van der Waals surface area contributed by atoms with E-state index in [2.05, 4.69) is 34.4 Å². The lowest BCUT2D eigenvalue weighted by atomic mass is 10.0. The molecule has 0 spiro atoms. The molecule has 2 heterocycles. The maximum atomic E-state index is 13.1. The average molecular weight is 457 g/mol. The molecule has 170 valence electrons. The van der Waals surface area contributed by atoms with E-state index in [0.29, 0.717) is 28.8 Å². The Balaban J connectivity index is 1.75. The molecule has 9 heteroatoms. The Morgan fingerprint density at radius 2 is 1.91 bits per heavy atom. The Hall–Kier alpha value is -3.07. The molecule has 1 atom stereocenters. The van der Waals surface area contributed by atoms with Crippen molar-refractivity contribution in [3.63, 3.8) is 0 Å². The summed E-state index contributed by atoms with van der Waals surface area (Å²) >= 11 is 1.44. The summed E-state index contributed by atoms with van der Waals surface area (Å²) in [6.45, 7) is 6.42. The van der Waals surface area contributed by atoms with E-state index < -0.39 is 6.09 Å². The Bertz CT molecular complexity index is 1040. The van der Waals surface area contributed by atoms with Gasteiger partial charge in [0, 0.05) is 41.7 Å². The van der Waals surface area contributed by atoms with Gasteiger partial charge in [0.15, 0.2) is 10.9 Å². The largest absolute Gasteiger partial charge is 0.451 e. The van der Waals surface area contributed by atoms with Crippen LogP contribution in [-0.4, -0.2) is 41.2 Å². The first-order valence-corrected chi connectivity index (χ1v) is 11.6. The quantitative estimate of drug-likeness (QED) is 0.344. The number of amides is 2. The molecule has 0 bridgehead atoms. The van der Waals surface area contributed by atoms with Crippen LogP contribution in [0.1, 0.15) is 43.3 Å². The zero-order chi connectivity index (χ0) is 22.9. The summed E-state index contributed by atoms with van der Waals surface area (Å²) in [5, 5.41) is 7.23. The second kappa shape index (κ2) is 11.5. The highest BCUT2D eigenvalue weighted by molar-refractivity contribution is 7.98. The van der Waals surface area contributed by atoms with Crippen molar-refractivity contribution in [2.75, 3.05) is 13.2 Å². The van der Waals surface area contributed by atoms with Gasteiger partial charge in [0.05, 0.1) is 6.61 Å². The number of hydrogen-bond donors (Lipinski definition) is 2. The molecule has 0 aliphatic carbocycles. The lowest BCUT2D eigenvalue weighted by Crippen LogP contribution is -2.44. The number of fused-ring (bicyclic) bond motifs is 1. The van der Waals surface area contributed by atoms with Crippen molar-refractivity contribution in [3.8, 4) is 0 Å². The van der Waals surface area contributed by atoms with Gasteiger partial charge in [-0.3, -0.25) is 4.79 Å². The number of rotatable bonds is 10. The number of para-hydroxylation sites is 1. The fourth-order valence-electron chi connectivity index (χ4n) is 3.32. The molecule has 0 saturated carbocycles. The van der Waals surface area contributed by atoms with Crippen LogP contribution in [0.2, 0.25) is 0 Å². The van der Waals surface area contributed by atoms with Gasteiger partial charge in [0.25, 0.3) is 5.91 Å². The molecule has 3 aromatic rings. The first-order valence-electron chi connectivity index (χ1n) is 10.6. The van der Waals surface area contributed by atoms with Crippen LogP contribution in [0.4, 0.5) is 4.79 Å². The number of alkyl carbamates (subject to hydrolysis) is 1. The first-order chi connectivity index (χ1) is 15.5. The number of nitrogens with zero attached hydrogens (tertiary/aromatic N) is 2. The number of furan rings is 1. The molecule has 0 aliphatic rings. The molecule has 1 unspecified atom stereocenters. The molecular formula is C23H28N4O4S. The van der Waals surface area contributed by atoms with Crippen LogP contribution in [0, 0.1) is 5.92 Å². The third kappa shape index (κ3) is 6.46. The summed E-state index contributed by atoms with van der Waals surface area (Å²) in [6, 6.07) is 9.05. The summed E-state index contributed by atoms with van der Waals surface area (Å²) in [4.78, 5) is 33.4. The Kier molecular flexibility index (Phi) is 8.49. The number of thioether (sulfide) groups is 1. The van der Waals surface area contributed by atoms with E-state index in [1.165, 1.54) is 11.8 Å². The van der Waals surface area contributed by atoms with Gasteiger partial charge in [0.1, 0.15) is 5.58 Å². The third-order valence-corrected chi connectivity index (χ3v) is 5.56. The molecule has 1 aromatic carbocycles. The summed E-state index contributed by atoms with van der Waals surface area (Å²) in [5.74, 6) is 0.752. The first kappa shape index (κ1) is 23.6. The molecule has 8 nitrogen and oxygen atoms in total. The number of nitrogens with one attached hydrogen (secondary N) is 2. The summed E-state index contributed by atoms with van der Waals surface area (Å²) in [6.07, 6.45) is 3.58. The highest BCUT2D eigenvalue weighted by Gasteiger charge is 2.22. The van der Waals surface area contributed by atoms with Crippen molar-refractivity contribution in [2.24, 2.45) is 5.92 Å². The maximum absolute atomic E-state index is 13.1. The number of carbonyl (C=O) groups is 2. The second-order valence-electron chi connectivity index (χ2n) is 7.63. The molecule has 0 aliphatic heterocycles. The van der Waals surface area contributed by atoms with Gasteiger partial charge < -0.3 is 19.8 Å². The Labute approximate surface area is 191 Å². The lowest BCUT2D eigenvalue weighted by molar-refractivity contribution is 0.0918. The van der Waals surface area contributed by atoms with Crippen molar-refractivity contribution in [1.29, 1.82) is 0 Å². The zero-order valence-electron chi connectivity index (χ0n) is 18.5. The monoisotopic (exact) mass is 456 g/mol. The van der Waals surface area contributed by atoms with Crippen LogP contribution in [0.15, 0.2) is 52.3 Å². The number of carbonyl (C=O) groups excluding carboxylic acids is 2. The lowest BCUT2D eigenvalue weighted by Gasteiger charge is -2.20. The van der Waals surface area contributed by atoms with Gasteiger partial charge in [-0.15, -0.1) is 0 Å². The van der Waals surface area contributed by atoms with Gasteiger partial charge in [0.2, 0.25) is 0 Å². The number of aromatic nitrogens is 2. The van der Waals surface area contributed by atoms with E-state index in [0.717, 1.165) is 10.9 Å². The Morgan fingerprint density at radius 1 is 1.16 bits per heavy atom. The van der Waals surface area contributed by atoms with Gasteiger partial charge in [-0.1, -0.05) is 43.8 Å². The molecule has 0 saturated heterocycles. The molecule has 0 fully saturated rings. The van der Waals surface area contributed by atoms with Crippen LogP contribution in [0.25, 0.3) is 11.0 Å². The van der Waals surface area contributed by atoms with Crippen molar-refractivity contribution >= 4 is 34.7 Å². The summed E-state index contributed by atoms with van der Waals surface area (Å²) < 4.78 is 10.9. The standard InChI is InChI=1S/C23H28N4O4S/c1-4-30-23(29)27-16(12-15(2)3)13-26-21(28)20-18(14-32-22-24-10-7-11-25-22)17-8-5-6-9-19(17)31-20/h5-11,15-16H,4,12-14H2,1-3H3,(H,26,28)(H,27,29). The van der Waals surface area contributed by atoms with Crippen LogP contribution in [0.5, 0.6) is 0 Å². The molecular weight excluding hydrogens is 428 g/mol. The Morgan fingerprint density at radius 3 is 2.62 bits per heavy atom. The van der Waals surface area contributed by atoms with Crippen molar-refractivity contribution < 1.29 is 18.7 Å². The highest BCUT2D eigenvalue weighted by Crippen LogP contribution is 2.31. The minimum absolute atomic E-state index is 0.252. The fraction of sp³-hybridized carbons (Fsp3) is 0.391. The van der Waals surface area contributed by atoms with E-state index in [4.69, 9.17) is 9.15 Å². The predicted octanol–water partition coefficient (Wildman–Crippen LogP) is 4.41. The van der Waals surface area contributed by atoms with Gasteiger partial charge in [-0.05, 0) is 31.4 Å². The molecule has 32 heavy (non-hydrogen) atoms. The van der Waals surface area contributed by atoms with Crippen LogP contribution in [-0.2, 0) is 10.5 Å². The van der Waals surface area contributed by atoms with Crippen LogP contribution in [0.3, 0.4) is 0 Å². The molecule has 0 radical (unpaired) electrons. The predicted molar refractivity (Wildman–Crippen MR) is 124 cm³/mol. The third-order valence-electron chi connectivity index (χ3n) is 4.65. The SMILES string of the molecule is CCOC(=O)NC(CNC(=O)c1oc2ccccc2c1CSc1ncccn1)CC(C)C. The van der Waals surface area contributed by atoms with E-state index in [1.54, 1.807) is 25.4 Å². The van der Waals surface area contributed by atoms with E-state index in [-0.39, 0.29) is 30.9 Å². The second-order valence-corrected chi connectivity index (χ2v) is 8.57. The number of benzene rings is 1. The van der Waals surface area contributed by atoms with E-state index >= 15 is 0 Å². The molecule has 3 rings (SSSR count). The smallest absolute Gasteiger partial charge is 0.407 e. The molecule has 2 N–H and O–H groups in total. The fourth-order valence-corrected chi connectivity index (χ4v) is 4.15. The van der Waals surface area contributed by atoms with Crippen LogP contribution < -0.4 is 10.6 Å². The molecule has 2 aromatic heterocycles. The normalized spacial score (nSPS) is 12.0. The summed E-state index contributed by atoms with van der Waals surface area (Å²) in [5.41, 5.74) is 1.43. The number of hydrogen-bond acceptors (Lipinski definition) is 7. The maximum Gasteiger partial charge on any atom is 0.407 e. The summed E-state index contributed by atoms with van der Waals surface area (Å²) in [7, 11) is 0. The van der Waals surface area contributed by atoms with E-state index in [1.807, 2.05) is 24.3 Å². The van der Waals surface area contributed by atoms with Crippen molar-refractivity contribution in [3.05, 3.63) is 54.0 Å². The zero-order valence-corrected chi connectivity index (χ0v) is 19.3.